The average Bonchev–Trinajstić information content (AvgIpc) is 2.95. The quantitative estimate of drug-likeness (QED) is 0.948. The number of aromatic nitrogens is 2. The van der Waals surface area contributed by atoms with E-state index < -0.39 is 5.82 Å². The van der Waals surface area contributed by atoms with E-state index in [0.29, 0.717) is 18.7 Å². The Hall–Kier alpha value is -2.37. The maximum absolute atomic E-state index is 13.6. The highest BCUT2D eigenvalue weighted by Gasteiger charge is 2.27. The van der Waals surface area contributed by atoms with Gasteiger partial charge in [-0.1, -0.05) is 0 Å². The lowest BCUT2D eigenvalue weighted by molar-refractivity contribution is 0.0517. The smallest absolute Gasteiger partial charge is 0.255 e. The molecular formula is C16H18FN3O2. The highest BCUT2D eigenvalue weighted by Crippen LogP contribution is 2.21. The Bertz CT molecular complexity index is 671. The van der Waals surface area contributed by atoms with Gasteiger partial charge in [0.2, 0.25) is 0 Å². The number of nitrogens with zero attached hydrogens (tertiary/aromatic N) is 2. The SMILES string of the molecule is Cc1[nH]ccc1C(=O)N1CCC[C@@H](Oc2ncccc2F)C1. The summed E-state index contributed by atoms with van der Waals surface area (Å²) in [4.78, 5) is 21.2. The third-order valence-corrected chi connectivity index (χ3v) is 3.85. The first-order valence-electron chi connectivity index (χ1n) is 7.35. The topological polar surface area (TPSA) is 58.2 Å². The fraction of sp³-hybridized carbons (Fsp3) is 0.375. The molecule has 1 amide bonds. The molecule has 6 heteroatoms. The minimum Gasteiger partial charge on any atom is -0.470 e. The molecule has 1 aliphatic heterocycles. The number of amides is 1. The van der Waals surface area contributed by atoms with Crippen molar-refractivity contribution in [2.45, 2.75) is 25.9 Å². The van der Waals surface area contributed by atoms with E-state index in [4.69, 9.17) is 4.74 Å². The van der Waals surface area contributed by atoms with Crippen LogP contribution >= 0.6 is 0 Å². The van der Waals surface area contributed by atoms with Crippen LogP contribution in [0.3, 0.4) is 0 Å². The van der Waals surface area contributed by atoms with Crippen LogP contribution < -0.4 is 4.74 Å². The minimum absolute atomic E-state index is 0.000348. The molecule has 0 saturated carbocycles. The number of likely N-dealkylation sites (tertiary alicyclic amines) is 1. The second kappa shape index (κ2) is 6.17. The Morgan fingerprint density at radius 2 is 2.36 bits per heavy atom. The molecule has 2 aromatic rings. The zero-order valence-corrected chi connectivity index (χ0v) is 12.4. The van der Waals surface area contributed by atoms with Crippen LogP contribution in [-0.4, -0.2) is 40.0 Å². The molecular weight excluding hydrogens is 285 g/mol. The number of halogens is 1. The van der Waals surface area contributed by atoms with Gasteiger partial charge >= 0.3 is 0 Å². The van der Waals surface area contributed by atoms with E-state index in [1.54, 1.807) is 17.2 Å². The first-order valence-corrected chi connectivity index (χ1v) is 7.35. The average molecular weight is 303 g/mol. The van der Waals surface area contributed by atoms with Crippen LogP contribution in [0.4, 0.5) is 4.39 Å². The molecule has 0 aliphatic carbocycles. The summed E-state index contributed by atoms with van der Waals surface area (Å²) in [5.74, 6) is -0.499. The molecule has 22 heavy (non-hydrogen) atoms. The van der Waals surface area contributed by atoms with Crippen LogP contribution in [0.1, 0.15) is 28.9 Å². The molecule has 1 N–H and O–H groups in total. The number of carbonyl (C=O) groups is 1. The van der Waals surface area contributed by atoms with Crippen molar-refractivity contribution in [1.82, 2.24) is 14.9 Å². The van der Waals surface area contributed by atoms with Crippen LogP contribution in [0, 0.1) is 12.7 Å². The summed E-state index contributed by atoms with van der Waals surface area (Å²) in [5, 5.41) is 0. The first-order chi connectivity index (χ1) is 10.6. The molecule has 1 fully saturated rings. The largest absolute Gasteiger partial charge is 0.470 e. The van der Waals surface area contributed by atoms with Gasteiger partial charge in [-0.2, -0.15) is 0 Å². The Balaban J connectivity index is 1.68. The van der Waals surface area contributed by atoms with E-state index in [9.17, 15) is 9.18 Å². The number of pyridine rings is 1. The lowest BCUT2D eigenvalue weighted by Gasteiger charge is -2.32. The van der Waals surface area contributed by atoms with Crippen molar-refractivity contribution in [3.05, 3.63) is 47.7 Å². The first kappa shape index (κ1) is 14.6. The molecule has 2 aromatic heterocycles. The number of piperidine rings is 1. The van der Waals surface area contributed by atoms with Crippen molar-refractivity contribution in [3.63, 3.8) is 0 Å². The molecule has 5 nitrogen and oxygen atoms in total. The standard InChI is InChI=1S/C16H18FN3O2/c1-11-13(6-8-18-11)16(21)20-9-3-4-12(10-20)22-15-14(17)5-2-7-19-15/h2,5-8,12,18H,3-4,9-10H2,1H3/t12-/m1/s1. The van der Waals surface area contributed by atoms with Crippen molar-refractivity contribution in [3.8, 4) is 5.88 Å². The maximum Gasteiger partial charge on any atom is 0.255 e. The fourth-order valence-electron chi connectivity index (χ4n) is 2.69. The Morgan fingerprint density at radius 1 is 1.50 bits per heavy atom. The maximum atomic E-state index is 13.6. The number of aryl methyl sites for hydroxylation is 1. The molecule has 0 aromatic carbocycles. The van der Waals surface area contributed by atoms with E-state index in [0.717, 1.165) is 18.5 Å². The highest BCUT2D eigenvalue weighted by atomic mass is 19.1. The van der Waals surface area contributed by atoms with Crippen molar-refractivity contribution in [1.29, 1.82) is 0 Å². The number of carbonyl (C=O) groups excluding carboxylic acids is 1. The van der Waals surface area contributed by atoms with Crippen molar-refractivity contribution < 1.29 is 13.9 Å². The molecule has 1 aliphatic rings. The number of aromatic amines is 1. The number of hydrogen-bond donors (Lipinski definition) is 1. The Labute approximate surface area is 128 Å². The number of H-pyrrole nitrogens is 1. The Kier molecular flexibility index (Phi) is 4.09. The molecule has 3 rings (SSSR count). The molecule has 116 valence electrons. The van der Waals surface area contributed by atoms with Crippen LogP contribution in [-0.2, 0) is 0 Å². The van der Waals surface area contributed by atoms with Crippen molar-refractivity contribution in [2.24, 2.45) is 0 Å². The van der Waals surface area contributed by atoms with Gasteiger partial charge in [0.25, 0.3) is 11.8 Å². The van der Waals surface area contributed by atoms with Crippen LogP contribution in [0.2, 0.25) is 0 Å². The lowest BCUT2D eigenvalue weighted by Crippen LogP contribution is -2.44. The van der Waals surface area contributed by atoms with Gasteiger partial charge in [0, 0.05) is 24.6 Å². The van der Waals surface area contributed by atoms with E-state index in [1.165, 1.54) is 18.3 Å². The number of nitrogens with one attached hydrogen (secondary N) is 1. The number of rotatable bonds is 3. The summed E-state index contributed by atoms with van der Waals surface area (Å²) < 4.78 is 19.2. The van der Waals surface area contributed by atoms with E-state index in [1.807, 2.05) is 6.92 Å². The summed E-state index contributed by atoms with van der Waals surface area (Å²) >= 11 is 0. The molecule has 0 radical (unpaired) electrons. The third-order valence-electron chi connectivity index (χ3n) is 3.85. The van der Waals surface area contributed by atoms with Gasteiger partial charge in [-0.15, -0.1) is 0 Å². The summed E-state index contributed by atoms with van der Waals surface area (Å²) in [5.41, 5.74) is 1.52. The highest BCUT2D eigenvalue weighted by molar-refractivity contribution is 5.95. The van der Waals surface area contributed by atoms with Crippen molar-refractivity contribution >= 4 is 5.91 Å². The molecule has 0 unspecified atom stereocenters. The fourth-order valence-corrected chi connectivity index (χ4v) is 2.69. The van der Waals surface area contributed by atoms with Gasteiger partial charge in [0.1, 0.15) is 6.10 Å². The van der Waals surface area contributed by atoms with Gasteiger partial charge in [-0.25, -0.2) is 9.37 Å². The second-order valence-corrected chi connectivity index (χ2v) is 5.44. The predicted octanol–water partition coefficient (Wildman–Crippen LogP) is 2.54. The summed E-state index contributed by atoms with van der Waals surface area (Å²) in [6.45, 7) is 3.00. The van der Waals surface area contributed by atoms with Gasteiger partial charge in [0.05, 0.1) is 12.1 Å². The van der Waals surface area contributed by atoms with Crippen molar-refractivity contribution in [2.75, 3.05) is 13.1 Å². The van der Waals surface area contributed by atoms with Crippen LogP contribution in [0.25, 0.3) is 0 Å². The third kappa shape index (κ3) is 2.95. The molecule has 3 heterocycles. The van der Waals surface area contributed by atoms with Crippen LogP contribution in [0.15, 0.2) is 30.6 Å². The van der Waals surface area contributed by atoms with Crippen LogP contribution in [0.5, 0.6) is 5.88 Å². The van der Waals surface area contributed by atoms with E-state index in [-0.39, 0.29) is 17.9 Å². The zero-order valence-electron chi connectivity index (χ0n) is 12.4. The molecule has 0 spiro atoms. The molecule has 1 saturated heterocycles. The second-order valence-electron chi connectivity index (χ2n) is 5.44. The lowest BCUT2D eigenvalue weighted by atomic mass is 10.1. The number of hydrogen-bond acceptors (Lipinski definition) is 3. The summed E-state index contributed by atoms with van der Waals surface area (Å²) in [6, 6.07) is 4.62. The Morgan fingerprint density at radius 3 is 3.09 bits per heavy atom. The zero-order chi connectivity index (χ0) is 15.5. The summed E-state index contributed by atoms with van der Waals surface area (Å²) in [6.07, 6.45) is 4.62. The monoisotopic (exact) mass is 303 g/mol. The van der Waals surface area contributed by atoms with Gasteiger partial charge in [-0.3, -0.25) is 4.79 Å². The summed E-state index contributed by atoms with van der Waals surface area (Å²) in [7, 11) is 0. The number of ether oxygens (including phenoxy) is 1. The van der Waals surface area contributed by atoms with E-state index >= 15 is 0 Å². The minimum atomic E-state index is -0.479. The van der Waals surface area contributed by atoms with Gasteiger partial charge in [-0.05, 0) is 38.0 Å². The van der Waals surface area contributed by atoms with E-state index in [2.05, 4.69) is 9.97 Å². The normalized spacial score (nSPS) is 18.3. The molecule has 1 atom stereocenters. The van der Waals surface area contributed by atoms with Gasteiger partial charge in [0.15, 0.2) is 5.82 Å². The molecule has 0 bridgehead atoms. The predicted molar refractivity (Wildman–Crippen MR) is 79.3 cm³/mol. The van der Waals surface area contributed by atoms with Gasteiger partial charge < -0.3 is 14.6 Å².